The first kappa shape index (κ1) is 32.2. The van der Waals surface area contributed by atoms with Gasteiger partial charge < -0.3 is 34.5 Å². The van der Waals surface area contributed by atoms with Gasteiger partial charge in [0.2, 0.25) is 0 Å². The highest BCUT2D eigenvalue weighted by Gasteiger charge is 2.38. The fourth-order valence-corrected chi connectivity index (χ4v) is 6.29. The first-order chi connectivity index (χ1) is 21.8. The monoisotopic (exact) mass is 630 g/mol. The zero-order chi connectivity index (χ0) is 31.8. The number of aliphatic hydroxyl groups is 1. The molecule has 5 rings (SSSR count). The molecule has 45 heavy (non-hydrogen) atoms. The highest BCUT2D eigenvalue weighted by molar-refractivity contribution is 7.99. The molecule has 4 aromatic rings. The summed E-state index contributed by atoms with van der Waals surface area (Å²) in [5.74, 6) is 0.194. The van der Waals surface area contributed by atoms with Crippen molar-refractivity contribution >= 4 is 29.4 Å². The van der Waals surface area contributed by atoms with E-state index >= 15 is 0 Å². The maximum absolute atomic E-state index is 12.8. The summed E-state index contributed by atoms with van der Waals surface area (Å²) in [5.41, 5.74) is 4.08. The van der Waals surface area contributed by atoms with Gasteiger partial charge in [0.1, 0.15) is 6.04 Å². The van der Waals surface area contributed by atoms with Gasteiger partial charge in [-0.05, 0) is 28.8 Å². The molecule has 1 saturated heterocycles. The van der Waals surface area contributed by atoms with E-state index in [1.165, 1.54) is 7.11 Å². The van der Waals surface area contributed by atoms with Crippen LogP contribution in [0.4, 0.5) is 10.5 Å². The third kappa shape index (κ3) is 8.31. The molecule has 10 nitrogen and oxygen atoms in total. The van der Waals surface area contributed by atoms with E-state index in [2.05, 4.69) is 22.5 Å². The Morgan fingerprint density at radius 2 is 1.71 bits per heavy atom. The first-order valence-corrected chi connectivity index (χ1v) is 15.7. The van der Waals surface area contributed by atoms with Crippen molar-refractivity contribution in [2.24, 2.45) is 13.0 Å². The number of aryl methyl sites for hydroxylation is 1. The fourth-order valence-electron chi connectivity index (χ4n) is 5.19. The topological polar surface area (TPSA) is 124 Å². The molecule has 0 aliphatic carbocycles. The van der Waals surface area contributed by atoms with Crippen LogP contribution in [0.5, 0.6) is 0 Å². The largest absolute Gasteiger partial charge is 0.467 e. The lowest BCUT2D eigenvalue weighted by atomic mass is 9.91. The van der Waals surface area contributed by atoms with Crippen LogP contribution in [0.15, 0.2) is 96.4 Å². The number of rotatable bonds is 11. The number of carbonyl (C=O) groups excluding carboxylic acids is 2. The highest BCUT2D eigenvalue weighted by Crippen LogP contribution is 2.43. The number of thioether (sulfide) groups is 1. The quantitative estimate of drug-likeness (QED) is 0.149. The van der Waals surface area contributed by atoms with Gasteiger partial charge in [0.25, 0.3) is 0 Å². The van der Waals surface area contributed by atoms with Crippen molar-refractivity contribution in [1.82, 2.24) is 14.9 Å². The van der Waals surface area contributed by atoms with Gasteiger partial charge in [0, 0.05) is 48.8 Å². The third-order valence-electron chi connectivity index (χ3n) is 7.79. The molecular formula is C34H38N4O6S. The summed E-state index contributed by atoms with van der Waals surface area (Å²) >= 11 is 1.63. The number of anilines is 1. The molecule has 0 radical (unpaired) electrons. The number of carbonyl (C=O) groups is 2. The van der Waals surface area contributed by atoms with Crippen molar-refractivity contribution in [3.8, 4) is 0 Å². The van der Waals surface area contributed by atoms with E-state index < -0.39 is 24.3 Å². The van der Waals surface area contributed by atoms with Crippen molar-refractivity contribution in [1.29, 1.82) is 0 Å². The van der Waals surface area contributed by atoms with Gasteiger partial charge in [0.15, 0.2) is 11.4 Å². The Labute approximate surface area is 267 Å². The summed E-state index contributed by atoms with van der Waals surface area (Å²) in [6.45, 7) is 2.10. The molecule has 0 saturated carbocycles. The molecule has 5 unspecified atom stereocenters. The maximum Gasteiger partial charge on any atom is 0.328 e. The zero-order valence-corrected chi connectivity index (χ0v) is 26.3. The molecule has 3 aromatic carbocycles. The van der Waals surface area contributed by atoms with Crippen LogP contribution in [0.3, 0.4) is 0 Å². The molecule has 0 bridgehead atoms. The summed E-state index contributed by atoms with van der Waals surface area (Å²) in [6.07, 6.45) is 2.97. The SMILES string of the molecule is COC(=O)C(Cc1ccccc1)NC(=O)Nc1ccc(C2OC(CSc3nccn3C)C(C)C(c3ccc(CO)cc3)O2)cc1. The molecule has 2 heterocycles. The molecule has 2 amide bonds. The number of hydrogen-bond acceptors (Lipinski definition) is 8. The van der Waals surface area contributed by atoms with Crippen LogP contribution >= 0.6 is 11.8 Å². The number of aromatic nitrogens is 2. The van der Waals surface area contributed by atoms with E-state index in [0.717, 1.165) is 27.4 Å². The van der Waals surface area contributed by atoms with Crippen molar-refractivity contribution in [3.05, 3.63) is 114 Å². The lowest BCUT2D eigenvalue weighted by Gasteiger charge is -2.41. The summed E-state index contributed by atoms with van der Waals surface area (Å²) in [4.78, 5) is 29.6. The van der Waals surface area contributed by atoms with Crippen LogP contribution in [-0.4, -0.2) is 51.7 Å². The predicted octanol–water partition coefficient (Wildman–Crippen LogP) is 5.40. The first-order valence-electron chi connectivity index (χ1n) is 14.7. The number of urea groups is 1. The second-order valence-corrected chi connectivity index (χ2v) is 11.9. The van der Waals surface area contributed by atoms with E-state index in [4.69, 9.17) is 14.2 Å². The number of ether oxygens (including phenoxy) is 3. The van der Waals surface area contributed by atoms with Crippen LogP contribution in [0.1, 0.15) is 41.6 Å². The van der Waals surface area contributed by atoms with E-state index in [1.54, 1.807) is 30.1 Å². The number of amides is 2. The molecule has 5 atom stereocenters. The molecule has 3 N–H and O–H groups in total. The Morgan fingerprint density at radius 3 is 2.36 bits per heavy atom. The highest BCUT2D eigenvalue weighted by atomic mass is 32.2. The number of methoxy groups -OCH3 is 1. The van der Waals surface area contributed by atoms with Gasteiger partial charge in [-0.15, -0.1) is 0 Å². The Balaban J connectivity index is 1.28. The third-order valence-corrected chi connectivity index (χ3v) is 8.94. The average Bonchev–Trinajstić information content (AvgIpc) is 3.48. The lowest BCUT2D eigenvalue weighted by Crippen LogP contribution is -2.45. The van der Waals surface area contributed by atoms with E-state index in [1.807, 2.05) is 84.5 Å². The summed E-state index contributed by atoms with van der Waals surface area (Å²) in [5, 5.41) is 15.9. The van der Waals surface area contributed by atoms with Crippen LogP contribution in [0, 0.1) is 5.92 Å². The minimum absolute atomic E-state index is 0.0230. The van der Waals surface area contributed by atoms with E-state index in [0.29, 0.717) is 17.9 Å². The normalized spacial score (nSPS) is 20.3. The molecule has 236 valence electrons. The summed E-state index contributed by atoms with van der Waals surface area (Å²) in [6, 6.07) is 23.1. The lowest BCUT2D eigenvalue weighted by molar-refractivity contribution is -0.268. The number of benzene rings is 3. The van der Waals surface area contributed by atoms with Gasteiger partial charge in [-0.2, -0.15) is 0 Å². The van der Waals surface area contributed by atoms with E-state index in [-0.39, 0.29) is 24.7 Å². The number of aliphatic hydroxyl groups excluding tert-OH is 1. The van der Waals surface area contributed by atoms with Crippen LogP contribution < -0.4 is 10.6 Å². The summed E-state index contributed by atoms with van der Waals surface area (Å²) in [7, 11) is 3.26. The van der Waals surface area contributed by atoms with Crippen molar-refractivity contribution in [3.63, 3.8) is 0 Å². The molecular weight excluding hydrogens is 592 g/mol. The Hall–Kier alpha value is -4.16. The summed E-state index contributed by atoms with van der Waals surface area (Å²) < 4.78 is 19.9. The van der Waals surface area contributed by atoms with Crippen molar-refractivity contribution in [2.75, 3.05) is 18.2 Å². The van der Waals surface area contributed by atoms with Gasteiger partial charge in [-0.1, -0.05) is 85.4 Å². The Morgan fingerprint density at radius 1 is 1.00 bits per heavy atom. The number of hydrogen-bond donors (Lipinski definition) is 3. The maximum atomic E-state index is 12.8. The second-order valence-electron chi connectivity index (χ2n) is 10.9. The Bertz CT molecular complexity index is 1550. The van der Waals surface area contributed by atoms with E-state index in [9.17, 15) is 14.7 Å². The molecule has 1 fully saturated rings. The molecule has 1 aromatic heterocycles. The molecule has 1 aliphatic heterocycles. The van der Waals surface area contributed by atoms with Gasteiger partial charge in [0.05, 0.1) is 25.9 Å². The zero-order valence-electron chi connectivity index (χ0n) is 25.5. The van der Waals surface area contributed by atoms with Gasteiger partial charge in [-0.3, -0.25) is 0 Å². The minimum Gasteiger partial charge on any atom is -0.467 e. The van der Waals surface area contributed by atoms with Crippen LogP contribution in [0.25, 0.3) is 0 Å². The standard InChI is InChI=1S/C34H38N4O6S/c1-22-29(21-45-34-35-17-18-38(34)2)43-32(44-30(22)25-11-9-24(20-39)10-12-25)26-13-15-27(16-14-26)36-33(41)37-28(31(40)42-3)19-23-7-5-4-6-8-23/h4-18,22,28-30,32,39H,19-21H2,1-3H3,(H2,36,37,41). The van der Waals surface area contributed by atoms with Crippen LogP contribution in [0.2, 0.25) is 0 Å². The number of nitrogens with zero attached hydrogens (tertiary/aromatic N) is 2. The van der Waals surface area contributed by atoms with Gasteiger partial charge in [-0.25, -0.2) is 14.6 Å². The molecule has 11 heteroatoms. The minimum atomic E-state index is -0.841. The molecule has 0 spiro atoms. The average molecular weight is 631 g/mol. The van der Waals surface area contributed by atoms with Crippen molar-refractivity contribution in [2.45, 2.75) is 49.6 Å². The Kier molecular flexibility index (Phi) is 10.9. The second kappa shape index (κ2) is 15.2. The smallest absolute Gasteiger partial charge is 0.328 e. The fraction of sp³-hybridized carbons (Fsp3) is 0.324. The number of imidazole rings is 1. The number of esters is 1. The van der Waals surface area contributed by atoms with Crippen molar-refractivity contribution < 1.29 is 28.9 Å². The number of nitrogens with one attached hydrogen (secondary N) is 2. The van der Waals surface area contributed by atoms with Gasteiger partial charge >= 0.3 is 12.0 Å². The van der Waals surface area contributed by atoms with Crippen LogP contribution in [-0.2, 0) is 39.1 Å². The molecule has 1 aliphatic rings. The predicted molar refractivity (Wildman–Crippen MR) is 171 cm³/mol.